The molecule has 1 aliphatic rings. The van der Waals surface area contributed by atoms with Gasteiger partial charge in [0, 0.05) is 33.1 Å². The van der Waals surface area contributed by atoms with Gasteiger partial charge in [0.15, 0.2) is 0 Å². The molecule has 0 saturated carbocycles. The van der Waals surface area contributed by atoms with Crippen molar-refractivity contribution >= 4 is 29.3 Å². The van der Waals surface area contributed by atoms with Crippen LogP contribution in [0.3, 0.4) is 0 Å². The Morgan fingerprint density at radius 1 is 1.13 bits per heavy atom. The molecule has 3 N–H and O–H groups in total. The van der Waals surface area contributed by atoms with E-state index in [1.54, 1.807) is 15.9 Å². The van der Waals surface area contributed by atoms with Crippen molar-refractivity contribution in [1.82, 2.24) is 9.80 Å². The van der Waals surface area contributed by atoms with Crippen LogP contribution in [0, 0.1) is 0 Å². The van der Waals surface area contributed by atoms with E-state index in [0.29, 0.717) is 37.4 Å². The number of esters is 1. The van der Waals surface area contributed by atoms with Crippen LogP contribution in [0.5, 0.6) is 0 Å². The predicted molar refractivity (Wildman–Crippen MR) is 85.0 cm³/mol. The molecule has 0 aromatic heterocycles. The number of nitrogen functional groups attached to an aromatic ring is 1. The summed E-state index contributed by atoms with van der Waals surface area (Å²) in [6.07, 6.45) is 0. The van der Waals surface area contributed by atoms with Gasteiger partial charge in [-0.05, 0) is 18.2 Å². The molecule has 0 aliphatic carbocycles. The molecule has 1 aliphatic heterocycles. The molecule has 0 spiro atoms. The lowest BCUT2D eigenvalue weighted by atomic mass is 10.1. The minimum absolute atomic E-state index is 0.00713. The van der Waals surface area contributed by atoms with Crippen molar-refractivity contribution < 1.29 is 19.1 Å². The van der Waals surface area contributed by atoms with Crippen molar-refractivity contribution in [3.63, 3.8) is 0 Å². The lowest BCUT2D eigenvalue weighted by Gasteiger charge is -2.34. The third-order valence-electron chi connectivity index (χ3n) is 3.73. The molecular weight excluding hydrogens is 300 g/mol. The summed E-state index contributed by atoms with van der Waals surface area (Å²) >= 11 is 0. The van der Waals surface area contributed by atoms with E-state index < -0.39 is 5.97 Å². The van der Waals surface area contributed by atoms with Gasteiger partial charge in [-0.3, -0.25) is 4.79 Å². The second-order valence-corrected chi connectivity index (χ2v) is 5.22. The number of methoxy groups -OCH3 is 1. The zero-order chi connectivity index (χ0) is 17.0. The van der Waals surface area contributed by atoms with E-state index in [4.69, 9.17) is 5.73 Å². The van der Waals surface area contributed by atoms with E-state index in [2.05, 4.69) is 10.1 Å². The first kappa shape index (κ1) is 16.6. The number of hydrogen-bond acceptors (Lipinski definition) is 5. The number of benzene rings is 1. The fraction of sp³-hybridized carbons (Fsp3) is 0.400. The fourth-order valence-electron chi connectivity index (χ4n) is 2.34. The Balaban J connectivity index is 1.98. The molecule has 1 fully saturated rings. The molecule has 1 aromatic carbocycles. The Morgan fingerprint density at radius 3 is 2.26 bits per heavy atom. The van der Waals surface area contributed by atoms with E-state index in [1.807, 2.05) is 0 Å². The normalized spacial score (nSPS) is 14.3. The zero-order valence-electron chi connectivity index (χ0n) is 13.2. The predicted octanol–water partition coefficient (Wildman–Crippen LogP) is 0.751. The first-order valence-corrected chi connectivity index (χ1v) is 7.21. The number of nitrogens with one attached hydrogen (secondary N) is 1. The van der Waals surface area contributed by atoms with Crippen molar-refractivity contribution in [2.45, 2.75) is 6.92 Å². The van der Waals surface area contributed by atoms with Crippen LogP contribution in [0.2, 0.25) is 0 Å². The SMILES string of the molecule is COC(=O)c1ccc(NC(=O)N2CCN(C(C)=O)CC2)c(N)c1. The van der Waals surface area contributed by atoms with Crippen LogP contribution < -0.4 is 11.1 Å². The minimum Gasteiger partial charge on any atom is -0.465 e. The number of rotatable bonds is 2. The maximum absolute atomic E-state index is 12.2. The zero-order valence-corrected chi connectivity index (χ0v) is 13.2. The largest absolute Gasteiger partial charge is 0.465 e. The first-order chi connectivity index (χ1) is 10.9. The summed E-state index contributed by atoms with van der Waals surface area (Å²) in [5, 5.41) is 2.71. The number of piperazine rings is 1. The molecule has 2 rings (SSSR count). The van der Waals surface area contributed by atoms with Gasteiger partial charge in [-0.25, -0.2) is 9.59 Å². The van der Waals surface area contributed by atoms with Gasteiger partial charge in [0.05, 0.1) is 24.0 Å². The van der Waals surface area contributed by atoms with Crippen LogP contribution in [-0.4, -0.2) is 61.0 Å². The molecule has 8 nitrogen and oxygen atoms in total. The quantitative estimate of drug-likeness (QED) is 0.618. The van der Waals surface area contributed by atoms with Gasteiger partial charge in [0.2, 0.25) is 5.91 Å². The Labute approximate surface area is 134 Å². The molecule has 8 heteroatoms. The van der Waals surface area contributed by atoms with Gasteiger partial charge in [-0.15, -0.1) is 0 Å². The monoisotopic (exact) mass is 320 g/mol. The Kier molecular flexibility index (Phi) is 5.05. The number of carbonyl (C=O) groups is 3. The van der Waals surface area contributed by atoms with Gasteiger partial charge in [-0.1, -0.05) is 0 Å². The second-order valence-electron chi connectivity index (χ2n) is 5.22. The molecule has 0 bridgehead atoms. The van der Waals surface area contributed by atoms with Crippen LogP contribution in [-0.2, 0) is 9.53 Å². The summed E-state index contributed by atoms with van der Waals surface area (Å²) in [7, 11) is 1.29. The van der Waals surface area contributed by atoms with E-state index in [-0.39, 0.29) is 17.6 Å². The summed E-state index contributed by atoms with van der Waals surface area (Å²) in [6, 6.07) is 4.26. The van der Waals surface area contributed by atoms with Crippen molar-refractivity contribution in [2.75, 3.05) is 44.3 Å². The van der Waals surface area contributed by atoms with Crippen molar-refractivity contribution in [3.05, 3.63) is 23.8 Å². The number of nitrogens with two attached hydrogens (primary N) is 1. The van der Waals surface area contributed by atoms with Crippen molar-refractivity contribution in [3.8, 4) is 0 Å². The summed E-state index contributed by atoms with van der Waals surface area (Å²) in [5.41, 5.74) is 6.89. The number of nitrogens with zero attached hydrogens (tertiary/aromatic N) is 2. The molecule has 1 aromatic rings. The average molecular weight is 320 g/mol. The Bertz CT molecular complexity index is 624. The number of ether oxygens (including phenoxy) is 1. The smallest absolute Gasteiger partial charge is 0.337 e. The van der Waals surface area contributed by atoms with Gasteiger partial charge < -0.3 is 25.6 Å². The number of hydrogen-bond donors (Lipinski definition) is 2. The van der Waals surface area contributed by atoms with Crippen LogP contribution in [0.4, 0.5) is 16.2 Å². The number of amides is 3. The Hall–Kier alpha value is -2.77. The van der Waals surface area contributed by atoms with Crippen LogP contribution in [0.25, 0.3) is 0 Å². The lowest BCUT2D eigenvalue weighted by molar-refractivity contribution is -0.130. The Morgan fingerprint density at radius 2 is 1.74 bits per heavy atom. The van der Waals surface area contributed by atoms with E-state index >= 15 is 0 Å². The van der Waals surface area contributed by atoms with Crippen molar-refractivity contribution in [1.29, 1.82) is 0 Å². The first-order valence-electron chi connectivity index (χ1n) is 7.21. The highest BCUT2D eigenvalue weighted by Crippen LogP contribution is 2.21. The van der Waals surface area contributed by atoms with Gasteiger partial charge in [0.25, 0.3) is 0 Å². The molecule has 0 atom stereocenters. The van der Waals surface area contributed by atoms with Crippen LogP contribution in [0.1, 0.15) is 17.3 Å². The van der Waals surface area contributed by atoms with E-state index in [1.165, 1.54) is 26.2 Å². The van der Waals surface area contributed by atoms with Gasteiger partial charge >= 0.3 is 12.0 Å². The van der Waals surface area contributed by atoms with E-state index in [0.717, 1.165) is 0 Å². The van der Waals surface area contributed by atoms with Crippen molar-refractivity contribution in [2.24, 2.45) is 0 Å². The van der Waals surface area contributed by atoms with Crippen LogP contribution >= 0.6 is 0 Å². The molecule has 124 valence electrons. The van der Waals surface area contributed by atoms with Gasteiger partial charge in [-0.2, -0.15) is 0 Å². The lowest BCUT2D eigenvalue weighted by Crippen LogP contribution is -2.51. The standard InChI is InChI=1S/C15H20N4O4/c1-10(20)18-5-7-19(8-6-18)15(22)17-13-4-3-11(9-12(13)16)14(21)23-2/h3-4,9H,5-8,16H2,1-2H3,(H,17,22). The molecule has 23 heavy (non-hydrogen) atoms. The third kappa shape index (κ3) is 3.91. The van der Waals surface area contributed by atoms with E-state index in [9.17, 15) is 14.4 Å². The maximum Gasteiger partial charge on any atom is 0.337 e. The fourth-order valence-corrected chi connectivity index (χ4v) is 2.34. The maximum atomic E-state index is 12.2. The highest BCUT2D eigenvalue weighted by atomic mass is 16.5. The highest BCUT2D eigenvalue weighted by Gasteiger charge is 2.22. The summed E-state index contributed by atoms with van der Waals surface area (Å²) in [5.74, 6) is -0.484. The highest BCUT2D eigenvalue weighted by molar-refractivity contribution is 5.96. The summed E-state index contributed by atoms with van der Waals surface area (Å²) in [4.78, 5) is 38.3. The summed E-state index contributed by atoms with van der Waals surface area (Å²) < 4.78 is 4.61. The van der Waals surface area contributed by atoms with Gasteiger partial charge in [0.1, 0.15) is 0 Å². The molecule has 1 saturated heterocycles. The minimum atomic E-state index is -0.491. The summed E-state index contributed by atoms with van der Waals surface area (Å²) in [6.45, 7) is 3.47. The van der Waals surface area contributed by atoms with Crippen LogP contribution in [0.15, 0.2) is 18.2 Å². The second kappa shape index (κ2) is 6.99. The number of anilines is 2. The molecule has 1 heterocycles. The topological polar surface area (TPSA) is 105 Å². The molecule has 0 unspecified atom stereocenters. The third-order valence-corrected chi connectivity index (χ3v) is 3.73. The number of urea groups is 1. The molecular formula is C15H20N4O4. The number of carbonyl (C=O) groups excluding carboxylic acids is 3. The average Bonchev–Trinajstić information content (AvgIpc) is 2.55. The molecule has 0 radical (unpaired) electrons. The molecule has 3 amide bonds.